The van der Waals surface area contributed by atoms with Gasteiger partial charge in [-0.1, -0.05) is 20.3 Å². The quantitative estimate of drug-likeness (QED) is 0.646. The molecule has 16 heavy (non-hydrogen) atoms. The average molecular weight is 231 g/mol. The molecule has 0 aromatic rings. The summed E-state index contributed by atoms with van der Waals surface area (Å²) in [5.74, 6) is 0.0983. The first-order valence-corrected chi connectivity index (χ1v) is 5.97. The molecule has 2 atom stereocenters. The third kappa shape index (κ3) is 6.08. The molecule has 0 aromatic heterocycles. The van der Waals surface area contributed by atoms with E-state index in [1.807, 2.05) is 0 Å². The SMILES string of the molecule is CCCC(C)COCC(C)(N)C(=O)OCC. The summed E-state index contributed by atoms with van der Waals surface area (Å²) in [6.07, 6.45) is 2.27. The Hall–Kier alpha value is -0.610. The minimum Gasteiger partial charge on any atom is -0.465 e. The van der Waals surface area contributed by atoms with Gasteiger partial charge in [0.1, 0.15) is 5.54 Å². The lowest BCUT2D eigenvalue weighted by Crippen LogP contribution is -2.50. The summed E-state index contributed by atoms with van der Waals surface area (Å²) in [5.41, 5.74) is 4.77. The van der Waals surface area contributed by atoms with Crippen LogP contribution < -0.4 is 5.73 Å². The molecule has 0 saturated heterocycles. The minimum absolute atomic E-state index is 0.208. The molecule has 0 fully saturated rings. The second kappa shape index (κ2) is 7.63. The third-order valence-corrected chi connectivity index (χ3v) is 2.33. The van der Waals surface area contributed by atoms with Crippen LogP contribution in [0.2, 0.25) is 0 Å². The molecular formula is C12H25NO3. The Labute approximate surface area is 98.5 Å². The Bertz CT molecular complexity index is 204. The topological polar surface area (TPSA) is 61.5 Å². The Morgan fingerprint density at radius 1 is 1.44 bits per heavy atom. The molecule has 4 nitrogen and oxygen atoms in total. The number of esters is 1. The van der Waals surface area contributed by atoms with E-state index in [1.165, 1.54) is 0 Å². The lowest BCUT2D eigenvalue weighted by atomic mass is 10.1. The zero-order chi connectivity index (χ0) is 12.6. The Morgan fingerprint density at radius 3 is 2.56 bits per heavy atom. The van der Waals surface area contributed by atoms with Crippen molar-refractivity contribution < 1.29 is 14.3 Å². The summed E-state index contributed by atoms with van der Waals surface area (Å²) in [5, 5.41) is 0. The van der Waals surface area contributed by atoms with Gasteiger partial charge in [-0.25, -0.2) is 4.79 Å². The standard InChI is InChI=1S/C12H25NO3/c1-5-7-10(3)8-15-9-12(4,13)11(14)16-6-2/h10H,5-9,13H2,1-4H3. The van der Waals surface area contributed by atoms with Gasteiger partial charge in [0.2, 0.25) is 0 Å². The number of carbonyl (C=O) groups is 1. The van der Waals surface area contributed by atoms with Gasteiger partial charge >= 0.3 is 5.97 Å². The monoisotopic (exact) mass is 231 g/mol. The van der Waals surface area contributed by atoms with Gasteiger partial charge in [-0.15, -0.1) is 0 Å². The van der Waals surface area contributed by atoms with Crippen LogP contribution in [0.1, 0.15) is 40.5 Å². The number of hydrogen-bond donors (Lipinski definition) is 1. The summed E-state index contributed by atoms with van der Waals surface area (Å²) in [6.45, 7) is 8.86. The van der Waals surface area contributed by atoms with E-state index in [0.29, 0.717) is 19.1 Å². The van der Waals surface area contributed by atoms with Crippen molar-refractivity contribution in [2.45, 2.75) is 46.1 Å². The smallest absolute Gasteiger partial charge is 0.328 e. The molecule has 0 aromatic carbocycles. The van der Waals surface area contributed by atoms with Crippen LogP contribution in [0.25, 0.3) is 0 Å². The minimum atomic E-state index is -1.04. The van der Waals surface area contributed by atoms with Crippen LogP contribution in [0.15, 0.2) is 0 Å². The molecule has 0 aliphatic rings. The number of rotatable bonds is 8. The zero-order valence-electron chi connectivity index (χ0n) is 10.9. The van der Waals surface area contributed by atoms with Crippen LogP contribution in [-0.2, 0) is 14.3 Å². The van der Waals surface area contributed by atoms with Gasteiger partial charge in [0.15, 0.2) is 0 Å². The van der Waals surface area contributed by atoms with Crippen molar-refractivity contribution in [1.29, 1.82) is 0 Å². The van der Waals surface area contributed by atoms with Gasteiger partial charge in [0, 0.05) is 6.61 Å². The van der Waals surface area contributed by atoms with E-state index in [1.54, 1.807) is 13.8 Å². The maximum atomic E-state index is 11.4. The van der Waals surface area contributed by atoms with Crippen LogP contribution in [-0.4, -0.2) is 31.3 Å². The van der Waals surface area contributed by atoms with Crippen molar-refractivity contribution in [3.8, 4) is 0 Å². The van der Waals surface area contributed by atoms with E-state index in [9.17, 15) is 4.79 Å². The summed E-state index contributed by atoms with van der Waals surface area (Å²) in [7, 11) is 0. The first kappa shape index (κ1) is 15.4. The van der Waals surface area contributed by atoms with Crippen LogP contribution in [0.4, 0.5) is 0 Å². The van der Waals surface area contributed by atoms with E-state index in [4.69, 9.17) is 15.2 Å². The predicted molar refractivity (Wildman–Crippen MR) is 64.1 cm³/mol. The number of hydrogen-bond acceptors (Lipinski definition) is 4. The number of nitrogens with two attached hydrogens (primary N) is 1. The van der Waals surface area contributed by atoms with Gasteiger partial charge < -0.3 is 15.2 Å². The third-order valence-electron chi connectivity index (χ3n) is 2.33. The van der Waals surface area contributed by atoms with E-state index in [-0.39, 0.29) is 6.61 Å². The lowest BCUT2D eigenvalue weighted by molar-refractivity contribution is -0.151. The summed E-state index contributed by atoms with van der Waals surface area (Å²) in [4.78, 5) is 11.4. The highest BCUT2D eigenvalue weighted by Crippen LogP contribution is 2.08. The highest BCUT2D eigenvalue weighted by atomic mass is 16.5. The molecule has 2 unspecified atom stereocenters. The molecule has 96 valence electrons. The van der Waals surface area contributed by atoms with Gasteiger partial charge in [-0.3, -0.25) is 0 Å². The fraction of sp³-hybridized carbons (Fsp3) is 0.917. The summed E-state index contributed by atoms with van der Waals surface area (Å²) in [6, 6.07) is 0. The van der Waals surface area contributed by atoms with Crippen molar-refractivity contribution in [1.82, 2.24) is 0 Å². The first-order valence-electron chi connectivity index (χ1n) is 5.97. The van der Waals surface area contributed by atoms with E-state index in [2.05, 4.69) is 13.8 Å². The maximum absolute atomic E-state index is 11.4. The van der Waals surface area contributed by atoms with E-state index >= 15 is 0 Å². The molecule has 0 amide bonds. The molecular weight excluding hydrogens is 206 g/mol. The largest absolute Gasteiger partial charge is 0.465 e. The molecule has 0 saturated carbocycles. The summed E-state index contributed by atoms with van der Waals surface area (Å²) < 4.78 is 10.3. The average Bonchev–Trinajstić information content (AvgIpc) is 2.18. The maximum Gasteiger partial charge on any atom is 0.328 e. The molecule has 2 N–H and O–H groups in total. The van der Waals surface area contributed by atoms with Gasteiger partial charge in [-0.05, 0) is 26.2 Å². The van der Waals surface area contributed by atoms with Gasteiger partial charge in [-0.2, -0.15) is 0 Å². The highest BCUT2D eigenvalue weighted by molar-refractivity contribution is 5.80. The molecule has 0 aliphatic carbocycles. The molecule has 0 radical (unpaired) electrons. The van der Waals surface area contributed by atoms with Crippen LogP contribution in [0.3, 0.4) is 0 Å². The molecule has 0 aliphatic heterocycles. The second-order valence-electron chi connectivity index (χ2n) is 4.55. The Balaban J connectivity index is 3.85. The summed E-state index contributed by atoms with van der Waals surface area (Å²) >= 11 is 0. The molecule has 4 heteroatoms. The molecule has 0 heterocycles. The zero-order valence-corrected chi connectivity index (χ0v) is 10.9. The Morgan fingerprint density at radius 2 is 2.06 bits per heavy atom. The Kier molecular flexibility index (Phi) is 7.34. The van der Waals surface area contributed by atoms with Crippen LogP contribution >= 0.6 is 0 Å². The van der Waals surface area contributed by atoms with E-state index < -0.39 is 11.5 Å². The van der Waals surface area contributed by atoms with E-state index in [0.717, 1.165) is 12.8 Å². The normalized spacial score (nSPS) is 16.6. The fourth-order valence-corrected chi connectivity index (χ4v) is 1.40. The molecule has 0 spiro atoms. The second-order valence-corrected chi connectivity index (χ2v) is 4.55. The number of ether oxygens (including phenoxy) is 2. The van der Waals surface area contributed by atoms with Crippen LogP contribution in [0.5, 0.6) is 0 Å². The lowest BCUT2D eigenvalue weighted by Gasteiger charge is -2.23. The fourth-order valence-electron chi connectivity index (χ4n) is 1.40. The first-order chi connectivity index (χ1) is 7.44. The van der Waals surface area contributed by atoms with Crippen LogP contribution in [0, 0.1) is 5.92 Å². The highest BCUT2D eigenvalue weighted by Gasteiger charge is 2.30. The van der Waals surface area contributed by atoms with Crippen molar-refractivity contribution in [2.24, 2.45) is 11.7 Å². The van der Waals surface area contributed by atoms with Crippen molar-refractivity contribution in [3.63, 3.8) is 0 Å². The van der Waals surface area contributed by atoms with Crippen molar-refractivity contribution >= 4 is 5.97 Å². The van der Waals surface area contributed by atoms with Crippen molar-refractivity contribution in [3.05, 3.63) is 0 Å². The number of carbonyl (C=O) groups excluding carboxylic acids is 1. The molecule has 0 bridgehead atoms. The molecule has 0 rings (SSSR count). The predicted octanol–water partition coefficient (Wildman–Crippen LogP) is 1.72. The van der Waals surface area contributed by atoms with Gasteiger partial charge in [0.05, 0.1) is 13.2 Å². The van der Waals surface area contributed by atoms with Gasteiger partial charge in [0.25, 0.3) is 0 Å². The van der Waals surface area contributed by atoms with Crippen molar-refractivity contribution in [2.75, 3.05) is 19.8 Å².